The van der Waals surface area contributed by atoms with E-state index in [1.165, 1.54) is 0 Å². The summed E-state index contributed by atoms with van der Waals surface area (Å²) in [6, 6.07) is -2.09. The average molecular weight is 685 g/mol. The molecular weight excluding hydrogens is 640 g/mol. The summed E-state index contributed by atoms with van der Waals surface area (Å²) in [4.78, 5) is 104. The van der Waals surface area contributed by atoms with Gasteiger partial charge < -0.3 is 33.2 Å². The summed E-state index contributed by atoms with van der Waals surface area (Å²) in [5, 5.41) is 2.31. The second kappa shape index (κ2) is 13.3. The van der Waals surface area contributed by atoms with Crippen molar-refractivity contribution in [2.75, 3.05) is 13.7 Å². The number of nitrogens with one attached hydrogen (secondary N) is 1. The van der Waals surface area contributed by atoms with Crippen LogP contribution in [-0.4, -0.2) is 109 Å². The van der Waals surface area contributed by atoms with Gasteiger partial charge in [-0.3, -0.25) is 39.0 Å². The molecule has 0 aromatic heterocycles. The predicted molar refractivity (Wildman–Crippen MR) is 158 cm³/mol. The van der Waals surface area contributed by atoms with E-state index < -0.39 is 119 Å². The molecule has 3 fully saturated rings. The molecule has 0 spiro atoms. The topological polar surface area (TPSA) is 216 Å². The van der Waals surface area contributed by atoms with Crippen molar-refractivity contribution >= 4 is 47.8 Å². The number of hydrogen-bond acceptors (Lipinski definition) is 15. The van der Waals surface area contributed by atoms with Gasteiger partial charge >= 0.3 is 41.8 Å². The first kappa shape index (κ1) is 38.2. The summed E-state index contributed by atoms with van der Waals surface area (Å²) in [6.45, 7) is 13.3. The third kappa shape index (κ3) is 6.31. The van der Waals surface area contributed by atoms with Gasteiger partial charge in [0, 0.05) is 41.0 Å². The Labute approximate surface area is 277 Å². The minimum absolute atomic E-state index is 0.603. The van der Waals surface area contributed by atoms with Gasteiger partial charge in [0.25, 0.3) is 0 Å². The Bertz CT molecular complexity index is 1390. The maximum atomic E-state index is 14.1. The van der Waals surface area contributed by atoms with Crippen LogP contribution in [0.15, 0.2) is 0 Å². The van der Waals surface area contributed by atoms with Crippen molar-refractivity contribution in [3.05, 3.63) is 0 Å². The number of methoxy groups -OCH3 is 1. The van der Waals surface area contributed by atoms with Gasteiger partial charge in [-0.05, 0) is 17.8 Å². The Kier molecular flexibility index (Phi) is 10.6. The third-order valence-corrected chi connectivity index (χ3v) is 10.1. The van der Waals surface area contributed by atoms with Gasteiger partial charge in [-0.15, -0.1) is 0 Å². The maximum Gasteiger partial charge on any atom is 0.360 e. The van der Waals surface area contributed by atoms with Crippen molar-refractivity contribution in [1.29, 1.82) is 0 Å². The van der Waals surface area contributed by atoms with Crippen molar-refractivity contribution in [3.8, 4) is 0 Å². The SMILES string of the molecule is COC(=O)[C@@]1(N2C(=O)NC(=O)[C@]3(C)[C@H]2C(C)(C)C3(C)C)C[C@H](OC(C)=O)[C@@H](OC(C)=O)[C@H]([C@H](OC(C)=O)[C@@H](COC(C)=O)OC(C)=O)O1. The highest BCUT2D eigenvalue weighted by Crippen LogP contribution is 2.71. The number of fused-ring (bicyclic) bond motifs is 1. The van der Waals surface area contributed by atoms with E-state index in [2.05, 4.69) is 5.32 Å². The molecule has 2 aliphatic heterocycles. The quantitative estimate of drug-likeness (QED) is 0.250. The minimum atomic E-state index is -2.55. The lowest BCUT2D eigenvalue weighted by Crippen LogP contribution is -2.88. The van der Waals surface area contributed by atoms with Crippen LogP contribution in [0.25, 0.3) is 0 Å². The molecule has 3 amide bonds. The smallest absolute Gasteiger partial charge is 0.360 e. The van der Waals surface area contributed by atoms with Crippen LogP contribution >= 0.6 is 0 Å². The number of urea groups is 1. The number of rotatable bonds is 10. The van der Waals surface area contributed by atoms with E-state index in [-0.39, 0.29) is 0 Å². The fraction of sp³-hybridized carbons (Fsp3) is 0.742. The molecular formula is C31H44N2O15. The molecule has 0 aromatic carbocycles. The Morgan fingerprint density at radius 3 is 1.90 bits per heavy atom. The Hall–Kier alpha value is -4.28. The van der Waals surface area contributed by atoms with Gasteiger partial charge in [0.1, 0.15) is 18.8 Å². The first-order valence-electron chi connectivity index (χ1n) is 15.2. The Balaban J connectivity index is 2.39. The molecule has 17 nitrogen and oxygen atoms in total. The van der Waals surface area contributed by atoms with Crippen LogP contribution in [0.2, 0.25) is 0 Å². The van der Waals surface area contributed by atoms with Gasteiger partial charge in [-0.25, -0.2) is 9.59 Å². The average Bonchev–Trinajstić information content (AvgIpc) is 2.95. The van der Waals surface area contributed by atoms with Crippen molar-refractivity contribution < 1.29 is 71.5 Å². The largest absolute Gasteiger partial charge is 0.465 e. The van der Waals surface area contributed by atoms with Crippen LogP contribution < -0.4 is 5.32 Å². The zero-order valence-corrected chi connectivity index (χ0v) is 28.9. The zero-order chi connectivity index (χ0) is 36.7. The molecule has 17 heteroatoms. The van der Waals surface area contributed by atoms with Gasteiger partial charge in [0.05, 0.1) is 18.6 Å². The number of esters is 6. The summed E-state index contributed by atoms with van der Waals surface area (Å²) in [5.41, 5.74) is -5.50. The molecule has 3 rings (SSSR count). The summed E-state index contributed by atoms with van der Waals surface area (Å²) in [5.74, 6) is -6.30. The fourth-order valence-electron chi connectivity index (χ4n) is 7.31. The standard InChI is InChI=1S/C31H44N2O15/c1-14(34)43-13-20(45-16(3)36)22(47-18(5)38)23-21(46-17(4)37)19(44-15(2)35)12-31(48-23,26(40)42-11)33-24-28(6,7)29(8,9)30(24,10)25(39)32-27(33)41/h19-24H,12-13H2,1-11H3,(H,32,39,41)/t19-,20+,21+,22+,23+,24+,30-,31+/m0/s1. The van der Waals surface area contributed by atoms with Crippen LogP contribution in [0.5, 0.6) is 0 Å². The molecule has 1 saturated carbocycles. The normalized spacial score (nSPS) is 31.4. The molecule has 0 bridgehead atoms. The van der Waals surface area contributed by atoms with E-state index in [0.29, 0.717) is 0 Å². The highest BCUT2D eigenvalue weighted by Gasteiger charge is 2.80. The lowest BCUT2D eigenvalue weighted by Gasteiger charge is -2.75. The Morgan fingerprint density at radius 1 is 0.854 bits per heavy atom. The molecule has 8 atom stereocenters. The highest BCUT2D eigenvalue weighted by molar-refractivity contribution is 6.04. The van der Waals surface area contributed by atoms with Gasteiger partial charge in [-0.1, -0.05) is 27.7 Å². The number of imide groups is 1. The molecule has 268 valence electrons. The molecule has 0 radical (unpaired) electrons. The van der Waals surface area contributed by atoms with E-state index in [4.69, 9.17) is 33.2 Å². The summed E-state index contributed by atoms with van der Waals surface area (Å²) in [6.07, 6.45) is -9.30. The molecule has 2 heterocycles. The second-order valence-corrected chi connectivity index (χ2v) is 13.4. The van der Waals surface area contributed by atoms with Crippen molar-refractivity contribution in [1.82, 2.24) is 10.2 Å². The molecule has 0 aromatic rings. The fourth-order valence-corrected chi connectivity index (χ4v) is 7.31. The molecule has 48 heavy (non-hydrogen) atoms. The zero-order valence-electron chi connectivity index (χ0n) is 28.9. The van der Waals surface area contributed by atoms with Crippen LogP contribution in [0, 0.1) is 16.2 Å². The van der Waals surface area contributed by atoms with Gasteiger partial charge in [0.15, 0.2) is 18.3 Å². The summed E-state index contributed by atoms with van der Waals surface area (Å²) >= 11 is 0. The van der Waals surface area contributed by atoms with Crippen LogP contribution in [0.1, 0.15) is 75.7 Å². The van der Waals surface area contributed by atoms with E-state index in [0.717, 1.165) is 46.6 Å². The molecule has 1 aliphatic carbocycles. The van der Waals surface area contributed by atoms with Gasteiger partial charge in [-0.2, -0.15) is 0 Å². The van der Waals surface area contributed by atoms with Crippen molar-refractivity contribution in [2.24, 2.45) is 16.2 Å². The van der Waals surface area contributed by atoms with Crippen molar-refractivity contribution in [3.63, 3.8) is 0 Å². The van der Waals surface area contributed by atoms with Crippen LogP contribution in [0.3, 0.4) is 0 Å². The van der Waals surface area contributed by atoms with E-state index in [9.17, 15) is 38.4 Å². The van der Waals surface area contributed by atoms with E-state index >= 15 is 0 Å². The molecule has 0 unspecified atom stereocenters. The molecule has 3 aliphatic rings. The minimum Gasteiger partial charge on any atom is -0.465 e. The maximum absolute atomic E-state index is 14.1. The number of nitrogens with zero attached hydrogens (tertiary/aromatic N) is 1. The molecule has 2 saturated heterocycles. The van der Waals surface area contributed by atoms with Gasteiger partial charge in [0.2, 0.25) is 11.6 Å². The number of hydrogen-bond donors (Lipinski definition) is 1. The van der Waals surface area contributed by atoms with Crippen molar-refractivity contribution in [2.45, 2.75) is 118 Å². The first-order chi connectivity index (χ1) is 22.0. The van der Waals surface area contributed by atoms with Crippen LogP contribution in [0.4, 0.5) is 4.79 Å². The number of carbonyl (C=O) groups excluding carboxylic acids is 8. The molecule has 1 N–H and O–H groups in total. The van der Waals surface area contributed by atoms with E-state index in [1.54, 1.807) is 20.8 Å². The first-order valence-corrected chi connectivity index (χ1v) is 15.2. The van der Waals surface area contributed by atoms with E-state index in [1.807, 2.05) is 13.8 Å². The lowest BCUT2D eigenvalue weighted by molar-refractivity contribution is -0.324. The Morgan fingerprint density at radius 2 is 1.42 bits per heavy atom. The second-order valence-electron chi connectivity index (χ2n) is 13.4. The predicted octanol–water partition coefficient (Wildman–Crippen LogP) is 0.927. The highest BCUT2D eigenvalue weighted by atomic mass is 16.7. The monoisotopic (exact) mass is 684 g/mol. The number of carbonyl (C=O) groups is 8. The number of amides is 3. The summed E-state index contributed by atoms with van der Waals surface area (Å²) in [7, 11) is 1.01. The van der Waals surface area contributed by atoms with Crippen LogP contribution in [-0.2, 0) is 66.7 Å². The number of ether oxygens (including phenoxy) is 7. The third-order valence-electron chi connectivity index (χ3n) is 10.1. The lowest BCUT2D eigenvalue weighted by atomic mass is 9.35. The summed E-state index contributed by atoms with van der Waals surface area (Å²) < 4.78 is 38.8.